The molecule has 5 N–H and O–H groups in total. The van der Waals surface area contributed by atoms with Crippen LogP contribution < -0.4 is 10.6 Å². The normalized spacial score (nSPS) is 12.6. The van der Waals surface area contributed by atoms with Gasteiger partial charge in [0.15, 0.2) is 0 Å². The van der Waals surface area contributed by atoms with Crippen molar-refractivity contribution in [1.29, 1.82) is 0 Å². The highest BCUT2D eigenvalue weighted by Gasteiger charge is 2.20. The highest BCUT2D eigenvalue weighted by Crippen LogP contribution is 2.14. The molecule has 0 saturated carbocycles. The number of amides is 2. The maximum absolute atomic E-state index is 12.0. The predicted molar refractivity (Wildman–Crippen MR) is 143 cm³/mol. The fourth-order valence-electron chi connectivity index (χ4n) is 3.77. The number of rotatable bonds is 24. The van der Waals surface area contributed by atoms with Crippen molar-refractivity contribution in [3.63, 3.8) is 0 Å². The van der Waals surface area contributed by atoms with E-state index in [0.717, 1.165) is 44.9 Å². The molecule has 0 aromatic rings. The van der Waals surface area contributed by atoms with E-state index in [2.05, 4.69) is 10.6 Å². The van der Waals surface area contributed by atoms with Crippen LogP contribution in [-0.2, 0) is 19.2 Å². The van der Waals surface area contributed by atoms with E-state index in [4.69, 9.17) is 10.2 Å². The Bertz CT molecular complexity index is 602. The molecule has 0 rings (SSSR count). The van der Waals surface area contributed by atoms with Crippen LogP contribution in [0.3, 0.4) is 0 Å². The van der Waals surface area contributed by atoms with Crippen LogP contribution in [-0.4, -0.2) is 55.8 Å². The van der Waals surface area contributed by atoms with Gasteiger partial charge in [-0.05, 0) is 41.9 Å². The number of aliphatic carboxylic acids is 2. The van der Waals surface area contributed by atoms with E-state index in [1.54, 1.807) is 22.6 Å². The number of unbranched alkanes of at least 4 members (excludes halogenated alkanes) is 13. The molecule has 0 aliphatic carbocycles. The van der Waals surface area contributed by atoms with Crippen LogP contribution in [0, 0.1) is 0 Å². The van der Waals surface area contributed by atoms with Gasteiger partial charge in [0.1, 0.15) is 10.2 Å². The van der Waals surface area contributed by atoms with Crippen LogP contribution in [0.1, 0.15) is 116 Å². The van der Waals surface area contributed by atoms with Crippen LogP contribution in [0.5, 0.6) is 0 Å². The smallest absolute Gasteiger partial charge is 0.326 e. The molecule has 9 nitrogen and oxygen atoms in total. The topological polar surface area (TPSA) is 153 Å². The van der Waals surface area contributed by atoms with Gasteiger partial charge in [-0.2, -0.15) is 0 Å². The second kappa shape index (κ2) is 23.0. The summed E-state index contributed by atoms with van der Waals surface area (Å²) in [6, 6.07) is -1.09. The summed E-state index contributed by atoms with van der Waals surface area (Å²) < 4.78 is -0.698. The number of carboxylic acids is 2. The lowest BCUT2D eigenvalue weighted by Crippen LogP contribution is -2.41. The summed E-state index contributed by atoms with van der Waals surface area (Å²) >= 11 is 1.76. The minimum Gasteiger partial charge on any atom is -0.481 e. The zero-order chi connectivity index (χ0) is 26.3. The zero-order valence-electron chi connectivity index (χ0n) is 20.9. The molecule has 0 saturated heterocycles. The Morgan fingerprint density at radius 2 is 1.06 bits per heavy atom. The Balaban J connectivity index is 3.60. The molecular formula is C25H45IN2O7. The predicted octanol–water partition coefficient (Wildman–Crippen LogP) is 4.53. The van der Waals surface area contributed by atoms with Gasteiger partial charge >= 0.3 is 11.9 Å². The average Bonchev–Trinajstić information content (AvgIpc) is 2.79. The Morgan fingerprint density at radius 1 is 0.629 bits per heavy atom. The molecule has 0 heterocycles. The van der Waals surface area contributed by atoms with Gasteiger partial charge in [0, 0.05) is 19.3 Å². The molecule has 204 valence electrons. The van der Waals surface area contributed by atoms with E-state index < -0.39 is 22.1 Å². The summed E-state index contributed by atoms with van der Waals surface area (Å²) in [6.07, 6.45) is 15.9. The first-order valence-electron chi connectivity index (χ1n) is 13.0. The lowest BCUT2D eigenvalue weighted by molar-refractivity contribution is -0.142. The molecule has 0 fully saturated rings. The zero-order valence-corrected chi connectivity index (χ0v) is 23.1. The van der Waals surface area contributed by atoms with Crippen molar-refractivity contribution >= 4 is 46.3 Å². The Morgan fingerprint density at radius 3 is 1.46 bits per heavy atom. The number of aliphatic hydroxyl groups excluding tert-OH is 1. The Hall–Kier alpha value is -1.43. The van der Waals surface area contributed by atoms with Gasteiger partial charge in [0.2, 0.25) is 11.8 Å². The second-order valence-electron chi connectivity index (χ2n) is 9.08. The summed E-state index contributed by atoms with van der Waals surface area (Å²) in [5.41, 5.74) is 0. The van der Waals surface area contributed by atoms with E-state index in [-0.39, 0.29) is 44.0 Å². The second-order valence-corrected chi connectivity index (χ2v) is 10.5. The molecule has 0 bridgehead atoms. The number of nitrogens with one attached hydrogen (secondary N) is 2. The molecule has 1 unspecified atom stereocenters. The Kier molecular flexibility index (Phi) is 22.1. The summed E-state index contributed by atoms with van der Waals surface area (Å²) in [4.78, 5) is 45.5. The summed E-state index contributed by atoms with van der Waals surface area (Å²) in [5.74, 6) is -2.52. The van der Waals surface area contributed by atoms with Crippen molar-refractivity contribution < 1.29 is 34.5 Å². The lowest BCUT2D eigenvalue weighted by Gasteiger charge is -2.14. The molecule has 0 aromatic heterocycles. The van der Waals surface area contributed by atoms with Crippen LogP contribution in [0.2, 0.25) is 0 Å². The molecule has 0 aliphatic heterocycles. The Labute approximate surface area is 223 Å². The largest absolute Gasteiger partial charge is 0.481 e. The number of carbonyl (C=O) groups is 4. The van der Waals surface area contributed by atoms with Crippen LogP contribution in [0.4, 0.5) is 0 Å². The highest BCUT2D eigenvalue weighted by molar-refractivity contribution is 14.1. The van der Waals surface area contributed by atoms with Gasteiger partial charge in [-0.3, -0.25) is 14.4 Å². The standard InChI is InChI=1S/C25H45IN2O7/c26-21(29)19-27-22(30)18-17-20(25(34)35)28-23(31)15-13-11-9-7-5-3-1-2-4-6-8-10-12-14-16-24(32)33/h20-21,29H,1-19H2,(H,27,30)(H,28,31)(H,32,33)(H,34,35)/t20-,21?/m0/s1. The molecule has 0 radical (unpaired) electrons. The summed E-state index contributed by atoms with van der Waals surface area (Å²) in [5, 5.41) is 32.0. The number of carboxylic acid groups (broad SMARTS) is 2. The van der Waals surface area contributed by atoms with Crippen molar-refractivity contribution in [2.75, 3.05) is 6.54 Å². The molecule has 0 aromatic carbocycles. The monoisotopic (exact) mass is 612 g/mol. The third-order valence-electron chi connectivity index (χ3n) is 5.81. The fraction of sp³-hybridized carbons (Fsp3) is 0.840. The van der Waals surface area contributed by atoms with Gasteiger partial charge < -0.3 is 26.0 Å². The van der Waals surface area contributed by atoms with Crippen molar-refractivity contribution in [3.8, 4) is 0 Å². The average molecular weight is 613 g/mol. The van der Waals surface area contributed by atoms with Crippen molar-refractivity contribution in [2.24, 2.45) is 0 Å². The van der Waals surface area contributed by atoms with Crippen molar-refractivity contribution in [1.82, 2.24) is 10.6 Å². The number of carbonyl (C=O) groups excluding carboxylic acids is 2. The van der Waals surface area contributed by atoms with Gasteiger partial charge in [0.25, 0.3) is 0 Å². The van der Waals surface area contributed by atoms with Crippen LogP contribution in [0.25, 0.3) is 0 Å². The van der Waals surface area contributed by atoms with E-state index >= 15 is 0 Å². The third-order valence-corrected chi connectivity index (χ3v) is 6.25. The molecule has 2 amide bonds. The van der Waals surface area contributed by atoms with Crippen LogP contribution >= 0.6 is 22.6 Å². The fourth-order valence-corrected chi connectivity index (χ4v) is 3.99. The van der Waals surface area contributed by atoms with Crippen molar-refractivity contribution in [2.45, 2.75) is 126 Å². The first-order valence-corrected chi connectivity index (χ1v) is 14.3. The number of halogens is 1. The van der Waals surface area contributed by atoms with E-state index in [1.165, 1.54) is 44.9 Å². The summed E-state index contributed by atoms with van der Waals surface area (Å²) in [6.45, 7) is 0.0995. The van der Waals surface area contributed by atoms with E-state index in [9.17, 15) is 24.3 Å². The summed E-state index contributed by atoms with van der Waals surface area (Å²) in [7, 11) is 0. The van der Waals surface area contributed by atoms with Gasteiger partial charge in [0.05, 0.1) is 6.54 Å². The maximum Gasteiger partial charge on any atom is 0.326 e. The number of hydrogen-bond donors (Lipinski definition) is 5. The minimum absolute atomic E-state index is 0.0110. The SMILES string of the molecule is O=C(O)CCCCCCCCCCCCCCCCC(=O)N[C@@H](CCC(=O)NCC(O)I)C(=O)O. The quantitative estimate of drug-likeness (QED) is 0.0610. The van der Waals surface area contributed by atoms with E-state index in [1.807, 2.05) is 0 Å². The highest BCUT2D eigenvalue weighted by atomic mass is 127. The first kappa shape index (κ1) is 33.6. The maximum atomic E-state index is 12.0. The van der Waals surface area contributed by atoms with Gasteiger partial charge in [-0.25, -0.2) is 4.79 Å². The first-order chi connectivity index (χ1) is 16.7. The molecule has 10 heteroatoms. The molecule has 35 heavy (non-hydrogen) atoms. The number of alkyl halides is 1. The molecule has 0 spiro atoms. The molecule has 2 atom stereocenters. The third kappa shape index (κ3) is 24.1. The minimum atomic E-state index is -1.16. The van der Waals surface area contributed by atoms with Gasteiger partial charge in [-0.15, -0.1) is 0 Å². The lowest BCUT2D eigenvalue weighted by atomic mass is 10.0. The number of aliphatic hydroxyl groups is 1. The van der Waals surface area contributed by atoms with Gasteiger partial charge in [-0.1, -0.05) is 77.0 Å². The number of hydrogen-bond acceptors (Lipinski definition) is 5. The molecule has 0 aliphatic rings. The van der Waals surface area contributed by atoms with E-state index in [0.29, 0.717) is 0 Å². The van der Waals surface area contributed by atoms with Crippen molar-refractivity contribution in [3.05, 3.63) is 0 Å². The molecular weight excluding hydrogens is 567 g/mol. The van der Waals surface area contributed by atoms with Crippen LogP contribution in [0.15, 0.2) is 0 Å².